The van der Waals surface area contributed by atoms with Gasteiger partial charge in [-0.15, -0.1) is 0 Å². The van der Waals surface area contributed by atoms with E-state index >= 15 is 0 Å². The highest BCUT2D eigenvalue weighted by Gasteiger charge is 2.13. The molecule has 0 saturated heterocycles. The van der Waals surface area contributed by atoms with Crippen LogP contribution >= 0.6 is 12.2 Å². The van der Waals surface area contributed by atoms with Gasteiger partial charge in [-0.1, -0.05) is 43.3 Å². The van der Waals surface area contributed by atoms with Crippen LogP contribution in [0.3, 0.4) is 0 Å². The van der Waals surface area contributed by atoms with Crippen molar-refractivity contribution in [3.8, 4) is 11.5 Å². The van der Waals surface area contributed by atoms with E-state index in [1.165, 1.54) is 0 Å². The molecule has 0 spiro atoms. The van der Waals surface area contributed by atoms with E-state index in [1.807, 2.05) is 48.5 Å². The van der Waals surface area contributed by atoms with Crippen LogP contribution < -0.4 is 20.2 Å². The third-order valence-corrected chi connectivity index (χ3v) is 3.86. The summed E-state index contributed by atoms with van der Waals surface area (Å²) in [6, 6.07) is 15.9. The third-order valence-electron chi connectivity index (χ3n) is 3.62. The van der Waals surface area contributed by atoms with E-state index in [1.54, 1.807) is 0 Å². The molecule has 1 aliphatic rings. The second kappa shape index (κ2) is 7.79. The van der Waals surface area contributed by atoms with Crippen molar-refractivity contribution in [2.45, 2.75) is 19.9 Å². The van der Waals surface area contributed by atoms with Crippen molar-refractivity contribution in [2.24, 2.45) is 5.10 Å². The second-order valence-electron chi connectivity index (χ2n) is 5.26. The number of hydrazone groups is 1. The van der Waals surface area contributed by atoms with Crippen molar-refractivity contribution < 1.29 is 9.47 Å². The predicted octanol–water partition coefficient (Wildman–Crippen LogP) is 3.19. The highest BCUT2D eigenvalue weighted by molar-refractivity contribution is 7.80. The third kappa shape index (κ3) is 4.02. The topological polar surface area (TPSA) is 54.9 Å². The summed E-state index contributed by atoms with van der Waals surface area (Å²) in [5, 5.41) is 8.02. The average molecular weight is 341 g/mol. The minimum absolute atomic E-state index is 0.278. The lowest BCUT2D eigenvalue weighted by Crippen LogP contribution is -2.32. The Kier molecular flexibility index (Phi) is 5.28. The summed E-state index contributed by atoms with van der Waals surface area (Å²) in [4.78, 5) is 0. The molecule has 1 heterocycles. The van der Waals surface area contributed by atoms with Gasteiger partial charge < -0.3 is 14.8 Å². The molecule has 0 aliphatic carbocycles. The van der Waals surface area contributed by atoms with Crippen LogP contribution in [-0.4, -0.2) is 17.6 Å². The zero-order valence-corrected chi connectivity index (χ0v) is 14.2. The Morgan fingerprint density at radius 2 is 1.92 bits per heavy atom. The molecule has 6 heteroatoms. The molecule has 3 rings (SSSR count). The zero-order chi connectivity index (χ0) is 16.8. The van der Waals surface area contributed by atoms with Gasteiger partial charge in [0.05, 0.1) is 5.71 Å². The van der Waals surface area contributed by atoms with Crippen LogP contribution in [0, 0.1) is 0 Å². The largest absolute Gasteiger partial charge is 0.454 e. The maximum absolute atomic E-state index is 5.37. The van der Waals surface area contributed by atoms with E-state index in [2.05, 4.69) is 22.8 Å². The van der Waals surface area contributed by atoms with Crippen LogP contribution in [0.1, 0.15) is 24.5 Å². The van der Waals surface area contributed by atoms with Crippen LogP contribution in [0.4, 0.5) is 0 Å². The minimum Gasteiger partial charge on any atom is -0.454 e. The lowest BCUT2D eigenvalue weighted by Gasteiger charge is -2.09. The monoisotopic (exact) mass is 341 g/mol. The lowest BCUT2D eigenvalue weighted by atomic mass is 10.1. The van der Waals surface area contributed by atoms with Crippen molar-refractivity contribution in [1.29, 1.82) is 0 Å². The van der Waals surface area contributed by atoms with Gasteiger partial charge in [0.25, 0.3) is 0 Å². The number of fused-ring (bicyclic) bond motifs is 1. The Morgan fingerprint density at radius 1 is 1.12 bits per heavy atom. The molecule has 0 amide bonds. The molecular weight excluding hydrogens is 322 g/mol. The van der Waals surface area contributed by atoms with Crippen LogP contribution in [0.25, 0.3) is 0 Å². The van der Waals surface area contributed by atoms with E-state index in [0.29, 0.717) is 11.7 Å². The van der Waals surface area contributed by atoms with Crippen molar-refractivity contribution >= 4 is 23.0 Å². The first-order valence-electron chi connectivity index (χ1n) is 7.80. The first kappa shape index (κ1) is 16.3. The predicted molar refractivity (Wildman–Crippen MR) is 98.4 cm³/mol. The van der Waals surface area contributed by atoms with Gasteiger partial charge >= 0.3 is 0 Å². The molecule has 2 aromatic rings. The molecule has 124 valence electrons. The summed E-state index contributed by atoms with van der Waals surface area (Å²) in [7, 11) is 0. The Labute approximate surface area is 146 Å². The smallest absolute Gasteiger partial charge is 0.231 e. The lowest BCUT2D eigenvalue weighted by molar-refractivity contribution is 0.174. The molecule has 0 fully saturated rings. The van der Waals surface area contributed by atoms with Crippen LogP contribution in [-0.2, 0) is 6.54 Å². The molecule has 5 nitrogen and oxygen atoms in total. The quantitative estimate of drug-likeness (QED) is 0.497. The molecule has 0 bridgehead atoms. The number of benzene rings is 2. The maximum atomic E-state index is 5.37. The van der Waals surface area contributed by atoms with Gasteiger partial charge in [0.15, 0.2) is 16.6 Å². The van der Waals surface area contributed by atoms with Gasteiger partial charge in [-0.3, -0.25) is 5.43 Å². The molecule has 0 unspecified atom stereocenters. The number of ether oxygens (including phenoxy) is 2. The van der Waals surface area contributed by atoms with Gasteiger partial charge in [-0.25, -0.2) is 0 Å². The first-order chi connectivity index (χ1) is 11.8. The Morgan fingerprint density at radius 3 is 2.71 bits per heavy atom. The molecule has 0 atom stereocenters. The SMILES string of the molecule is CC/C(=N/NC(=S)NCc1ccc2c(c1)OCO2)c1ccccc1. The number of hydrogen-bond acceptors (Lipinski definition) is 4. The van der Waals surface area contributed by atoms with Gasteiger partial charge in [0, 0.05) is 6.54 Å². The van der Waals surface area contributed by atoms with Gasteiger partial charge in [0.2, 0.25) is 6.79 Å². The maximum Gasteiger partial charge on any atom is 0.231 e. The van der Waals surface area contributed by atoms with Crippen LogP contribution in [0.2, 0.25) is 0 Å². The Balaban J connectivity index is 1.55. The molecule has 2 aromatic carbocycles. The fourth-order valence-electron chi connectivity index (χ4n) is 2.37. The Hall–Kier alpha value is -2.60. The number of nitrogens with one attached hydrogen (secondary N) is 2. The van der Waals surface area contributed by atoms with Crippen LogP contribution in [0.5, 0.6) is 11.5 Å². The first-order valence-corrected chi connectivity index (χ1v) is 8.21. The average Bonchev–Trinajstić information content (AvgIpc) is 3.09. The summed E-state index contributed by atoms with van der Waals surface area (Å²) in [6.45, 7) is 2.93. The summed E-state index contributed by atoms with van der Waals surface area (Å²) < 4.78 is 10.7. The number of thiocarbonyl (C=S) groups is 1. The van der Waals surface area contributed by atoms with Crippen molar-refractivity contribution in [3.63, 3.8) is 0 Å². The van der Waals surface area contributed by atoms with E-state index < -0.39 is 0 Å². The van der Waals surface area contributed by atoms with E-state index in [-0.39, 0.29) is 6.79 Å². The summed E-state index contributed by atoms with van der Waals surface area (Å²) in [5.41, 5.74) is 6.02. The van der Waals surface area contributed by atoms with Gasteiger partial charge in [0.1, 0.15) is 0 Å². The van der Waals surface area contributed by atoms with Crippen molar-refractivity contribution in [3.05, 3.63) is 59.7 Å². The zero-order valence-electron chi connectivity index (χ0n) is 13.4. The minimum atomic E-state index is 0.278. The second-order valence-corrected chi connectivity index (χ2v) is 5.67. The van der Waals surface area contributed by atoms with Crippen molar-refractivity contribution in [2.75, 3.05) is 6.79 Å². The van der Waals surface area contributed by atoms with Gasteiger partial charge in [-0.05, 0) is 41.9 Å². The fraction of sp³-hybridized carbons (Fsp3) is 0.222. The summed E-state index contributed by atoms with van der Waals surface area (Å²) in [5.74, 6) is 1.54. The van der Waals surface area contributed by atoms with E-state index in [9.17, 15) is 0 Å². The number of nitrogens with zero attached hydrogens (tertiary/aromatic N) is 1. The van der Waals surface area contributed by atoms with E-state index in [0.717, 1.165) is 34.8 Å². The summed E-state index contributed by atoms with van der Waals surface area (Å²) in [6.07, 6.45) is 0.821. The standard InChI is InChI=1S/C18H19N3O2S/c1-2-15(14-6-4-3-5-7-14)20-21-18(24)19-11-13-8-9-16-17(10-13)23-12-22-16/h3-10H,2,11-12H2,1H3,(H2,19,21,24)/b20-15-. The molecule has 1 aliphatic heterocycles. The van der Waals surface area contributed by atoms with Crippen molar-refractivity contribution in [1.82, 2.24) is 10.7 Å². The molecule has 0 radical (unpaired) electrons. The molecule has 0 aromatic heterocycles. The molecule has 24 heavy (non-hydrogen) atoms. The molecule has 0 saturated carbocycles. The number of rotatable bonds is 5. The normalized spacial score (nSPS) is 12.8. The van der Waals surface area contributed by atoms with Gasteiger partial charge in [-0.2, -0.15) is 5.10 Å². The highest BCUT2D eigenvalue weighted by Crippen LogP contribution is 2.32. The fourth-order valence-corrected chi connectivity index (χ4v) is 2.49. The highest BCUT2D eigenvalue weighted by atomic mass is 32.1. The summed E-state index contributed by atoms with van der Waals surface area (Å²) >= 11 is 5.28. The molecule has 2 N–H and O–H groups in total. The Bertz CT molecular complexity index is 747. The van der Waals surface area contributed by atoms with Crippen LogP contribution in [0.15, 0.2) is 53.6 Å². The number of hydrogen-bond donors (Lipinski definition) is 2. The molecular formula is C18H19N3O2S. The van der Waals surface area contributed by atoms with E-state index in [4.69, 9.17) is 21.7 Å².